The average molecular weight is 520 g/mol. The molecule has 0 fully saturated rings. The zero-order valence-corrected chi connectivity index (χ0v) is 23.8. The Morgan fingerprint density at radius 2 is 1.03 bits per heavy atom. The van der Waals surface area contributed by atoms with Crippen LogP contribution >= 0.6 is 0 Å². The van der Waals surface area contributed by atoms with E-state index in [0.717, 1.165) is 35.6 Å². The predicted octanol–water partition coefficient (Wildman–Crippen LogP) is 10.7. The van der Waals surface area contributed by atoms with Crippen molar-refractivity contribution in [3.63, 3.8) is 0 Å². The molecule has 0 aromatic heterocycles. The molecule has 4 rings (SSSR count). The molecule has 3 heteroatoms. The maximum Gasteiger partial charge on any atom is 0.0463 e. The van der Waals surface area contributed by atoms with Crippen molar-refractivity contribution < 1.29 is 0 Å². The number of nitrogens with zero attached hydrogens (tertiary/aromatic N) is 1. The van der Waals surface area contributed by atoms with Gasteiger partial charge in [-0.05, 0) is 104 Å². The second kappa shape index (κ2) is 15.0. The van der Waals surface area contributed by atoms with Crippen LogP contribution in [0.1, 0.15) is 76.3 Å². The van der Waals surface area contributed by atoms with Gasteiger partial charge in [-0.3, -0.25) is 0 Å². The summed E-state index contributed by atoms with van der Waals surface area (Å²) in [6.45, 7) is 4.53. The maximum absolute atomic E-state index is 5.96. The molecule has 3 nitrogen and oxygen atoms in total. The van der Waals surface area contributed by atoms with E-state index >= 15 is 0 Å². The second-order valence-electron chi connectivity index (χ2n) is 10.6. The molecule has 3 N–H and O–H groups in total. The van der Waals surface area contributed by atoms with Gasteiger partial charge in [0.15, 0.2) is 0 Å². The smallest absolute Gasteiger partial charge is 0.0463 e. The largest absolute Gasteiger partial charge is 0.399 e. The van der Waals surface area contributed by atoms with E-state index in [-0.39, 0.29) is 0 Å². The van der Waals surface area contributed by atoms with E-state index in [9.17, 15) is 0 Å². The van der Waals surface area contributed by atoms with E-state index in [1.807, 2.05) is 24.3 Å². The van der Waals surface area contributed by atoms with Gasteiger partial charge in [0.25, 0.3) is 0 Å². The fourth-order valence-electron chi connectivity index (χ4n) is 5.06. The molecule has 39 heavy (non-hydrogen) atoms. The van der Waals surface area contributed by atoms with Gasteiger partial charge < -0.3 is 16.0 Å². The van der Waals surface area contributed by atoms with Crippen LogP contribution in [-0.2, 0) is 12.8 Å². The molecule has 0 spiro atoms. The Morgan fingerprint density at radius 1 is 0.538 bits per heavy atom. The zero-order valence-electron chi connectivity index (χ0n) is 23.8. The predicted molar refractivity (Wildman–Crippen MR) is 171 cm³/mol. The number of nitrogen functional groups attached to an aromatic ring is 1. The second-order valence-corrected chi connectivity index (χ2v) is 10.6. The normalized spacial score (nSPS) is 10.9. The topological polar surface area (TPSA) is 41.3 Å². The number of aryl methyl sites for hydroxylation is 2. The Balaban J connectivity index is 1.54. The van der Waals surface area contributed by atoms with Gasteiger partial charge >= 0.3 is 0 Å². The summed E-state index contributed by atoms with van der Waals surface area (Å²) in [4.78, 5) is 2.35. The number of hydrogen-bond acceptors (Lipinski definition) is 3. The summed E-state index contributed by atoms with van der Waals surface area (Å²) < 4.78 is 0. The molecule has 4 aromatic rings. The fraction of sp³-hybridized carbons (Fsp3) is 0.333. The van der Waals surface area contributed by atoms with Crippen LogP contribution in [0, 0.1) is 0 Å². The summed E-state index contributed by atoms with van der Waals surface area (Å²) in [5, 5.41) is 3.46. The zero-order chi connectivity index (χ0) is 27.3. The van der Waals surface area contributed by atoms with E-state index < -0.39 is 0 Å². The highest BCUT2D eigenvalue weighted by molar-refractivity contribution is 5.78. The number of nitrogens with one attached hydrogen (secondary N) is 1. The van der Waals surface area contributed by atoms with Crippen molar-refractivity contribution in [2.45, 2.75) is 78.1 Å². The Bertz CT molecular complexity index is 1190. The SMILES string of the molecule is CCCCCCc1ccc(N(c2ccc(CCCCCC)cc2)c2ccc(Nc3cccc(N)c3)cc2)cc1. The first kappa shape index (κ1) is 28.3. The molecular formula is C36H45N3. The number of unbranched alkanes of at least 4 members (excludes halogenated alkanes) is 6. The van der Waals surface area contributed by atoms with Crippen LogP contribution < -0.4 is 16.0 Å². The highest BCUT2D eigenvalue weighted by atomic mass is 15.1. The first-order chi connectivity index (χ1) is 19.2. The summed E-state index contributed by atoms with van der Waals surface area (Å²) in [7, 11) is 0. The quantitative estimate of drug-likeness (QED) is 0.121. The van der Waals surface area contributed by atoms with Crippen molar-refractivity contribution in [1.82, 2.24) is 0 Å². The minimum atomic E-state index is 0.755. The molecule has 0 unspecified atom stereocenters. The van der Waals surface area contributed by atoms with E-state index in [4.69, 9.17) is 5.73 Å². The lowest BCUT2D eigenvalue weighted by Gasteiger charge is -2.26. The lowest BCUT2D eigenvalue weighted by Crippen LogP contribution is -2.10. The number of hydrogen-bond donors (Lipinski definition) is 2. The lowest BCUT2D eigenvalue weighted by molar-refractivity contribution is 0.667. The number of rotatable bonds is 15. The Morgan fingerprint density at radius 3 is 1.49 bits per heavy atom. The summed E-state index contributed by atoms with van der Waals surface area (Å²) in [5.41, 5.74) is 15.1. The third-order valence-corrected chi connectivity index (χ3v) is 7.33. The van der Waals surface area contributed by atoms with Gasteiger partial charge in [0.05, 0.1) is 0 Å². The first-order valence-electron chi connectivity index (χ1n) is 14.9. The highest BCUT2D eigenvalue weighted by Gasteiger charge is 2.13. The molecule has 204 valence electrons. The first-order valence-corrected chi connectivity index (χ1v) is 14.9. The highest BCUT2D eigenvalue weighted by Crippen LogP contribution is 2.36. The van der Waals surface area contributed by atoms with Crippen LogP contribution in [0.2, 0.25) is 0 Å². The fourth-order valence-corrected chi connectivity index (χ4v) is 5.06. The molecular weight excluding hydrogens is 474 g/mol. The molecule has 0 saturated carbocycles. The van der Waals surface area contributed by atoms with Crippen LogP contribution in [0.3, 0.4) is 0 Å². The molecule has 0 aliphatic carbocycles. The van der Waals surface area contributed by atoms with Gasteiger partial charge in [-0.15, -0.1) is 0 Å². The van der Waals surface area contributed by atoms with Crippen molar-refractivity contribution >= 4 is 34.1 Å². The van der Waals surface area contributed by atoms with Crippen LogP contribution in [0.4, 0.5) is 34.1 Å². The van der Waals surface area contributed by atoms with Crippen LogP contribution in [0.25, 0.3) is 0 Å². The monoisotopic (exact) mass is 519 g/mol. The number of benzene rings is 4. The minimum absolute atomic E-state index is 0.755. The van der Waals surface area contributed by atoms with Gasteiger partial charge in [0.2, 0.25) is 0 Å². The van der Waals surface area contributed by atoms with E-state index in [2.05, 4.69) is 96.9 Å². The summed E-state index contributed by atoms with van der Waals surface area (Å²) in [5.74, 6) is 0. The van der Waals surface area contributed by atoms with E-state index in [0.29, 0.717) is 0 Å². The van der Waals surface area contributed by atoms with Gasteiger partial charge in [-0.2, -0.15) is 0 Å². The van der Waals surface area contributed by atoms with Crippen molar-refractivity contribution in [3.05, 3.63) is 108 Å². The molecule has 0 aliphatic heterocycles. The number of anilines is 6. The lowest BCUT2D eigenvalue weighted by atomic mass is 10.0. The summed E-state index contributed by atoms with van der Waals surface area (Å²) in [6.07, 6.45) is 12.6. The molecule has 0 aliphatic rings. The molecule has 0 saturated heterocycles. The van der Waals surface area contributed by atoms with Gasteiger partial charge in [-0.25, -0.2) is 0 Å². The van der Waals surface area contributed by atoms with Crippen LogP contribution in [-0.4, -0.2) is 0 Å². The van der Waals surface area contributed by atoms with E-state index in [1.54, 1.807) is 0 Å². The molecule has 0 bridgehead atoms. The van der Waals surface area contributed by atoms with Crippen molar-refractivity contribution in [2.75, 3.05) is 16.0 Å². The van der Waals surface area contributed by atoms with Crippen molar-refractivity contribution in [1.29, 1.82) is 0 Å². The minimum Gasteiger partial charge on any atom is -0.399 e. The third-order valence-electron chi connectivity index (χ3n) is 7.33. The van der Waals surface area contributed by atoms with Gasteiger partial charge in [-0.1, -0.05) is 82.7 Å². The van der Waals surface area contributed by atoms with E-state index in [1.165, 1.54) is 73.9 Å². The third kappa shape index (κ3) is 8.64. The summed E-state index contributed by atoms with van der Waals surface area (Å²) in [6, 6.07) is 34.8. The Hall–Kier alpha value is -3.72. The number of nitrogens with two attached hydrogens (primary N) is 1. The van der Waals surface area contributed by atoms with Gasteiger partial charge in [0.1, 0.15) is 0 Å². The van der Waals surface area contributed by atoms with Crippen molar-refractivity contribution in [2.24, 2.45) is 0 Å². The van der Waals surface area contributed by atoms with Gasteiger partial charge in [0, 0.05) is 34.1 Å². The molecule has 0 radical (unpaired) electrons. The Labute approximate surface area is 236 Å². The Kier molecular flexibility index (Phi) is 10.9. The molecule has 0 amide bonds. The van der Waals surface area contributed by atoms with Crippen molar-refractivity contribution in [3.8, 4) is 0 Å². The van der Waals surface area contributed by atoms with Crippen LogP contribution in [0.5, 0.6) is 0 Å². The summed E-state index contributed by atoms with van der Waals surface area (Å²) >= 11 is 0. The molecule has 0 heterocycles. The molecule has 4 aromatic carbocycles. The van der Waals surface area contributed by atoms with Crippen LogP contribution in [0.15, 0.2) is 97.1 Å². The average Bonchev–Trinajstić information content (AvgIpc) is 2.96. The maximum atomic E-state index is 5.96. The standard InChI is InChI=1S/C36H45N3/c1-3-5-7-9-12-29-16-22-34(23-17-29)39(35-24-18-30(19-25-35)13-10-8-6-4-2)36-26-20-32(21-27-36)38-33-15-11-14-31(37)28-33/h11,14-28,38H,3-10,12-13,37H2,1-2H3. The molecule has 0 atom stereocenters.